The third-order valence-corrected chi connectivity index (χ3v) is 5.83. The number of nitrogens with zero attached hydrogens (tertiary/aromatic N) is 4. The van der Waals surface area contributed by atoms with Crippen LogP contribution in [0.5, 0.6) is 0 Å². The van der Waals surface area contributed by atoms with Gasteiger partial charge in [-0.05, 0) is 25.8 Å². The van der Waals surface area contributed by atoms with Gasteiger partial charge in [0.05, 0.1) is 30.7 Å². The standard InChI is InChI=1S/C17H23N5O2S/c1-4-10(7-23)18-6-13-20-15-14-11-5-17(2,3)24-8-12(11)25-16(14)19-9-22(15)21-13/h9-10,18,23H,4-8H2,1-3H3/t10-/m0/s1. The lowest BCUT2D eigenvalue weighted by Gasteiger charge is -2.30. The molecule has 1 aliphatic heterocycles. The molecule has 4 heterocycles. The monoisotopic (exact) mass is 361 g/mol. The molecule has 0 radical (unpaired) electrons. The van der Waals surface area contributed by atoms with Gasteiger partial charge in [0.15, 0.2) is 11.5 Å². The molecule has 0 fully saturated rings. The molecule has 3 aromatic heterocycles. The van der Waals surface area contributed by atoms with E-state index in [1.807, 2.05) is 6.92 Å². The largest absolute Gasteiger partial charge is 0.395 e. The molecule has 8 heteroatoms. The second-order valence-electron chi connectivity index (χ2n) is 7.12. The average molecular weight is 361 g/mol. The van der Waals surface area contributed by atoms with Crippen LogP contribution in [0.4, 0.5) is 0 Å². The van der Waals surface area contributed by atoms with E-state index < -0.39 is 0 Å². The van der Waals surface area contributed by atoms with E-state index in [-0.39, 0.29) is 18.2 Å². The quantitative estimate of drug-likeness (QED) is 0.724. The summed E-state index contributed by atoms with van der Waals surface area (Å²) in [5.41, 5.74) is 1.98. The highest BCUT2D eigenvalue weighted by Gasteiger charge is 2.30. The summed E-state index contributed by atoms with van der Waals surface area (Å²) in [6, 6.07) is 0.0663. The molecule has 0 spiro atoms. The molecular weight excluding hydrogens is 338 g/mol. The Hall–Kier alpha value is -1.61. The van der Waals surface area contributed by atoms with Crippen LogP contribution < -0.4 is 5.32 Å². The summed E-state index contributed by atoms with van der Waals surface area (Å²) in [6.45, 7) is 7.55. The number of rotatable bonds is 5. The van der Waals surface area contributed by atoms with Gasteiger partial charge in [0.25, 0.3) is 0 Å². The highest BCUT2D eigenvalue weighted by atomic mass is 32.1. The number of hydrogen-bond acceptors (Lipinski definition) is 7. The third kappa shape index (κ3) is 3.03. The minimum Gasteiger partial charge on any atom is -0.395 e. The van der Waals surface area contributed by atoms with Gasteiger partial charge in [-0.1, -0.05) is 6.92 Å². The predicted octanol–water partition coefficient (Wildman–Crippen LogP) is 2.05. The van der Waals surface area contributed by atoms with Crippen molar-refractivity contribution in [3.63, 3.8) is 0 Å². The van der Waals surface area contributed by atoms with E-state index in [2.05, 4.69) is 29.2 Å². The number of ether oxygens (including phenoxy) is 1. The first-order valence-corrected chi connectivity index (χ1v) is 9.45. The third-order valence-electron chi connectivity index (χ3n) is 4.71. The molecule has 2 N–H and O–H groups in total. The molecule has 4 rings (SSSR count). The Morgan fingerprint density at radius 1 is 1.48 bits per heavy atom. The molecule has 0 aromatic carbocycles. The van der Waals surface area contributed by atoms with Crippen molar-refractivity contribution in [1.29, 1.82) is 0 Å². The molecule has 0 amide bonds. The van der Waals surface area contributed by atoms with E-state index in [0.717, 1.165) is 28.7 Å². The molecule has 1 aliphatic rings. The zero-order chi connectivity index (χ0) is 17.6. The predicted molar refractivity (Wildman–Crippen MR) is 96.7 cm³/mol. The van der Waals surface area contributed by atoms with Gasteiger partial charge in [-0.25, -0.2) is 14.5 Å². The first-order chi connectivity index (χ1) is 12.0. The minimum absolute atomic E-state index is 0.0663. The Morgan fingerprint density at radius 3 is 3.08 bits per heavy atom. The van der Waals surface area contributed by atoms with Crippen molar-refractivity contribution in [2.45, 2.75) is 58.4 Å². The summed E-state index contributed by atoms with van der Waals surface area (Å²) in [7, 11) is 0. The van der Waals surface area contributed by atoms with Crippen LogP contribution in [-0.4, -0.2) is 42.9 Å². The van der Waals surface area contributed by atoms with E-state index in [1.165, 1.54) is 10.4 Å². The minimum atomic E-state index is -0.173. The van der Waals surface area contributed by atoms with Crippen LogP contribution in [0.25, 0.3) is 15.9 Å². The number of fused-ring (bicyclic) bond motifs is 5. The van der Waals surface area contributed by atoms with Gasteiger partial charge in [-0.15, -0.1) is 16.4 Å². The zero-order valence-corrected chi connectivity index (χ0v) is 15.6. The van der Waals surface area contributed by atoms with Crippen molar-refractivity contribution in [2.75, 3.05) is 6.61 Å². The summed E-state index contributed by atoms with van der Waals surface area (Å²) >= 11 is 1.68. The van der Waals surface area contributed by atoms with E-state index in [1.54, 1.807) is 22.2 Å². The maximum atomic E-state index is 9.31. The number of aliphatic hydroxyl groups is 1. The SMILES string of the molecule is CC[C@@H](CO)NCc1nc2c3c4c(sc3ncn2n1)COC(C)(C)C4. The Bertz CT molecular complexity index is 913. The van der Waals surface area contributed by atoms with Crippen LogP contribution in [0.2, 0.25) is 0 Å². The first kappa shape index (κ1) is 16.8. The van der Waals surface area contributed by atoms with Crippen LogP contribution in [0.15, 0.2) is 6.33 Å². The summed E-state index contributed by atoms with van der Waals surface area (Å²) < 4.78 is 7.69. The molecule has 0 bridgehead atoms. The zero-order valence-electron chi connectivity index (χ0n) is 14.7. The van der Waals surface area contributed by atoms with Gasteiger partial charge in [-0.3, -0.25) is 0 Å². The van der Waals surface area contributed by atoms with E-state index in [4.69, 9.17) is 9.72 Å². The molecule has 25 heavy (non-hydrogen) atoms. The summed E-state index contributed by atoms with van der Waals surface area (Å²) in [4.78, 5) is 11.5. The van der Waals surface area contributed by atoms with Crippen LogP contribution >= 0.6 is 11.3 Å². The highest BCUT2D eigenvalue weighted by molar-refractivity contribution is 7.19. The van der Waals surface area contributed by atoms with Crippen molar-refractivity contribution in [1.82, 2.24) is 24.9 Å². The van der Waals surface area contributed by atoms with Crippen LogP contribution in [0, 0.1) is 0 Å². The van der Waals surface area contributed by atoms with Crippen molar-refractivity contribution in [2.24, 2.45) is 0 Å². The molecular formula is C17H23N5O2S. The molecule has 0 aliphatic carbocycles. The number of thiophene rings is 1. The highest BCUT2D eigenvalue weighted by Crippen LogP contribution is 2.39. The normalized spacial score (nSPS) is 17.9. The van der Waals surface area contributed by atoms with Crippen molar-refractivity contribution < 1.29 is 9.84 Å². The maximum Gasteiger partial charge on any atom is 0.168 e. The lowest BCUT2D eigenvalue weighted by atomic mass is 9.94. The second-order valence-corrected chi connectivity index (χ2v) is 8.20. The molecule has 3 aromatic rings. The fourth-order valence-electron chi connectivity index (χ4n) is 3.23. The van der Waals surface area contributed by atoms with Crippen LogP contribution in [0.3, 0.4) is 0 Å². The molecule has 1 atom stereocenters. The topological polar surface area (TPSA) is 84.6 Å². The van der Waals surface area contributed by atoms with Gasteiger partial charge >= 0.3 is 0 Å². The molecule has 0 saturated heterocycles. The van der Waals surface area contributed by atoms with Crippen molar-refractivity contribution >= 4 is 27.2 Å². The summed E-state index contributed by atoms with van der Waals surface area (Å²) in [5.74, 6) is 0.715. The fourth-order valence-corrected chi connectivity index (χ4v) is 4.30. The van der Waals surface area contributed by atoms with Crippen molar-refractivity contribution in [3.05, 3.63) is 22.6 Å². The lowest BCUT2D eigenvalue weighted by molar-refractivity contribution is -0.0379. The van der Waals surface area contributed by atoms with Crippen LogP contribution in [0.1, 0.15) is 43.5 Å². The fraction of sp³-hybridized carbons (Fsp3) is 0.588. The second kappa shape index (κ2) is 6.28. The number of aromatic nitrogens is 4. The van der Waals surface area contributed by atoms with Gasteiger partial charge < -0.3 is 15.2 Å². The average Bonchev–Trinajstić information content (AvgIpc) is 3.15. The molecule has 7 nitrogen and oxygen atoms in total. The number of aliphatic hydroxyl groups excluding tert-OH is 1. The Kier molecular flexibility index (Phi) is 4.23. The van der Waals surface area contributed by atoms with E-state index in [9.17, 15) is 5.11 Å². The smallest absolute Gasteiger partial charge is 0.168 e. The maximum absolute atomic E-state index is 9.31. The van der Waals surface area contributed by atoms with Crippen LogP contribution in [-0.2, 0) is 24.3 Å². The van der Waals surface area contributed by atoms with Gasteiger partial charge in [0, 0.05) is 17.3 Å². The summed E-state index contributed by atoms with van der Waals surface area (Å²) in [6.07, 6.45) is 3.45. The Labute approximate surface area is 150 Å². The van der Waals surface area contributed by atoms with Gasteiger partial charge in [0.1, 0.15) is 11.2 Å². The summed E-state index contributed by atoms with van der Waals surface area (Å²) in [5, 5.41) is 18.2. The van der Waals surface area contributed by atoms with Crippen molar-refractivity contribution in [3.8, 4) is 0 Å². The molecule has 0 saturated carbocycles. The van der Waals surface area contributed by atoms with E-state index in [0.29, 0.717) is 19.0 Å². The van der Waals surface area contributed by atoms with Gasteiger partial charge in [-0.2, -0.15) is 0 Å². The molecule has 134 valence electrons. The molecule has 0 unspecified atom stereocenters. The number of nitrogens with one attached hydrogen (secondary N) is 1. The first-order valence-electron chi connectivity index (χ1n) is 8.63. The number of hydrogen-bond donors (Lipinski definition) is 2. The Balaban J connectivity index is 1.75. The Morgan fingerprint density at radius 2 is 2.32 bits per heavy atom. The van der Waals surface area contributed by atoms with Gasteiger partial charge in [0.2, 0.25) is 0 Å². The van der Waals surface area contributed by atoms with E-state index >= 15 is 0 Å². The lowest BCUT2D eigenvalue weighted by Crippen LogP contribution is -2.31.